The monoisotopic (exact) mass is 298 g/mol. The first-order chi connectivity index (χ1) is 10.1. The summed E-state index contributed by atoms with van der Waals surface area (Å²) in [4.78, 5) is 23.0. The third kappa shape index (κ3) is 2.30. The highest BCUT2D eigenvalue weighted by Gasteiger charge is 2.17. The molecular weight excluding hydrogens is 288 g/mol. The average Bonchev–Trinajstić information content (AvgIpc) is 2.85. The number of anilines is 1. The van der Waals surface area contributed by atoms with Crippen LogP contribution < -0.4 is 5.73 Å². The molecule has 104 valence electrons. The first-order valence-electron chi connectivity index (χ1n) is 6.26. The fraction of sp³-hybridized carbons (Fsp3) is 0. The molecule has 0 aliphatic heterocycles. The minimum Gasteiger partial charge on any atom is -0.399 e. The first kappa shape index (κ1) is 13.4. The second-order valence-electron chi connectivity index (χ2n) is 4.66. The van der Waals surface area contributed by atoms with E-state index in [1.807, 2.05) is 12.1 Å². The van der Waals surface area contributed by atoms with Gasteiger partial charge in [-0.25, -0.2) is 0 Å². The minimum absolute atomic E-state index is 0.287. The van der Waals surface area contributed by atoms with Crippen LogP contribution in [0.5, 0.6) is 0 Å². The normalized spacial score (nSPS) is 10.7. The Bertz CT molecular complexity index is 868. The topological polar surface area (TPSA) is 65.1 Å². The van der Waals surface area contributed by atoms with Crippen LogP contribution in [0.25, 0.3) is 16.5 Å². The molecule has 0 radical (unpaired) electrons. The lowest BCUT2D eigenvalue weighted by Crippen LogP contribution is -2.08. The maximum Gasteiger partial charge on any atom is 0.242 e. The van der Waals surface area contributed by atoms with E-state index < -0.39 is 5.78 Å². The lowest BCUT2D eigenvalue weighted by molar-refractivity contribution is -0.104. The van der Waals surface area contributed by atoms with Crippen molar-refractivity contribution in [3.8, 4) is 5.69 Å². The van der Waals surface area contributed by atoms with Gasteiger partial charge in [-0.15, -0.1) is 0 Å². The van der Waals surface area contributed by atoms with Crippen molar-refractivity contribution in [3.63, 3.8) is 0 Å². The molecule has 0 bridgehead atoms. The Morgan fingerprint density at radius 1 is 1.19 bits per heavy atom. The van der Waals surface area contributed by atoms with E-state index in [0.29, 0.717) is 28.1 Å². The van der Waals surface area contributed by atoms with Gasteiger partial charge < -0.3 is 10.3 Å². The Labute approximate surface area is 125 Å². The predicted octanol–water partition coefficient (Wildman–Crippen LogP) is 3.25. The molecular formula is C16H11ClN2O2. The minimum atomic E-state index is -0.601. The molecule has 0 aliphatic carbocycles. The fourth-order valence-electron chi connectivity index (χ4n) is 2.36. The second-order valence-corrected chi connectivity index (χ2v) is 5.09. The third-order valence-corrected chi connectivity index (χ3v) is 3.50. The van der Waals surface area contributed by atoms with Crippen LogP contribution in [-0.4, -0.2) is 16.6 Å². The van der Waals surface area contributed by atoms with Gasteiger partial charge in [0.15, 0.2) is 6.29 Å². The number of halogens is 1. The zero-order valence-electron chi connectivity index (χ0n) is 10.9. The highest BCUT2D eigenvalue weighted by Crippen LogP contribution is 2.27. The summed E-state index contributed by atoms with van der Waals surface area (Å²) in [5.41, 5.74) is 7.31. The van der Waals surface area contributed by atoms with Crippen LogP contribution in [0.15, 0.2) is 48.7 Å². The van der Waals surface area contributed by atoms with Crippen molar-refractivity contribution in [1.82, 2.24) is 4.57 Å². The molecule has 2 aromatic carbocycles. The molecule has 0 amide bonds. The van der Waals surface area contributed by atoms with Crippen molar-refractivity contribution in [2.24, 2.45) is 0 Å². The number of rotatable bonds is 3. The number of hydrogen-bond acceptors (Lipinski definition) is 3. The molecule has 0 spiro atoms. The number of aldehydes is 1. The summed E-state index contributed by atoms with van der Waals surface area (Å²) in [5.74, 6) is -0.601. The Morgan fingerprint density at radius 2 is 2.00 bits per heavy atom. The van der Waals surface area contributed by atoms with Gasteiger partial charge in [0.1, 0.15) is 5.69 Å². The number of Topliss-reactive ketones (excluding diaryl/α,β-unsaturated/α-hetero) is 1. The molecule has 3 rings (SSSR count). The highest BCUT2D eigenvalue weighted by atomic mass is 35.5. The van der Waals surface area contributed by atoms with E-state index in [9.17, 15) is 9.59 Å². The summed E-state index contributed by atoms with van der Waals surface area (Å²) in [6.07, 6.45) is 2.09. The maximum atomic E-state index is 12.0. The molecule has 3 aromatic rings. The molecule has 2 N–H and O–H groups in total. The molecule has 5 heteroatoms. The van der Waals surface area contributed by atoms with Crippen molar-refractivity contribution in [3.05, 3.63) is 59.4 Å². The van der Waals surface area contributed by atoms with Gasteiger partial charge in [0, 0.05) is 33.4 Å². The van der Waals surface area contributed by atoms with Crippen LogP contribution in [0.1, 0.15) is 10.5 Å². The molecule has 1 heterocycles. The molecule has 0 saturated heterocycles. The lowest BCUT2D eigenvalue weighted by Gasteiger charge is -2.07. The van der Waals surface area contributed by atoms with Crippen molar-refractivity contribution in [1.29, 1.82) is 0 Å². The van der Waals surface area contributed by atoms with Crippen LogP contribution in [0.3, 0.4) is 0 Å². The van der Waals surface area contributed by atoms with Gasteiger partial charge >= 0.3 is 0 Å². The number of carbonyl (C=O) groups excluding carboxylic acids is 2. The van der Waals surface area contributed by atoms with Crippen LogP contribution in [-0.2, 0) is 4.79 Å². The van der Waals surface area contributed by atoms with Crippen LogP contribution in [0.2, 0.25) is 5.02 Å². The van der Waals surface area contributed by atoms with Crippen LogP contribution in [0, 0.1) is 0 Å². The van der Waals surface area contributed by atoms with Gasteiger partial charge in [0.25, 0.3) is 0 Å². The third-order valence-electron chi connectivity index (χ3n) is 3.27. The van der Waals surface area contributed by atoms with Crippen molar-refractivity contribution in [2.75, 3.05) is 5.73 Å². The Hall–Kier alpha value is -2.59. The highest BCUT2D eigenvalue weighted by molar-refractivity contribution is 6.36. The van der Waals surface area contributed by atoms with E-state index in [1.54, 1.807) is 41.1 Å². The van der Waals surface area contributed by atoms with E-state index in [0.717, 1.165) is 5.39 Å². The summed E-state index contributed by atoms with van der Waals surface area (Å²) < 4.78 is 1.66. The van der Waals surface area contributed by atoms with Gasteiger partial charge in [-0.05, 0) is 30.3 Å². The molecule has 0 saturated carbocycles. The zero-order chi connectivity index (χ0) is 15.0. The van der Waals surface area contributed by atoms with Gasteiger partial charge in [0.05, 0.1) is 0 Å². The standard InChI is InChI=1S/C16H11ClN2O2/c17-11-2-1-3-13(6-11)19-8-10-4-5-12(18)7-14(10)16(19)15(21)9-20/h1-9H,18H2. The number of carbonyl (C=O) groups is 2. The van der Waals surface area contributed by atoms with Crippen molar-refractivity contribution < 1.29 is 9.59 Å². The van der Waals surface area contributed by atoms with E-state index >= 15 is 0 Å². The molecule has 1 aromatic heterocycles. The molecule has 0 unspecified atom stereocenters. The smallest absolute Gasteiger partial charge is 0.242 e. The number of aromatic nitrogens is 1. The van der Waals surface area contributed by atoms with Crippen LogP contribution in [0.4, 0.5) is 5.69 Å². The summed E-state index contributed by atoms with van der Waals surface area (Å²) >= 11 is 6.00. The number of nitrogens with zero attached hydrogens (tertiary/aromatic N) is 1. The van der Waals surface area contributed by atoms with Gasteiger partial charge in [0.2, 0.25) is 5.78 Å². The van der Waals surface area contributed by atoms with E-state index in [4.69, 9.17) is 17.3 Å². The van der Waals surface area contributed by atoms with Crippen LogP contribution >= 0.6 is 11.6 Å². The van der Waals surface area contributed by atoms with Crippen molar-refractivity contribution in [2.45, 2.75) is 0 Å². The Balaban J connectivity index is 2.36. The summed E-state index contributed by atoms with van der Waals surface area (Å²) in [6.45, 7) is 0. The van der Waals surface area contributed by atoms with E-state index in [1.165, 1.54) is 0 Å². The first-order valence-corrected chi connectivity index (χ1v) is 6.64. The fourth-order valence-corrected chi connectivity index (χ4v) is 2.55. The molecule has 4 nitrogen and oxygen atoms in total. The quantitative estimate of drug-likeness (QED) is 0.349. The zero-order valence-corrected chi connectivity index (χ0v) is 11.7. The SMILES string of the molecule is Nc1ccc2cn(-c3cccc(Cl)c3)c(C(=O)C=O)c2c1. The summed E-state index contributed by atoms with van der Waals surface area (Å²) in [6, 6.07) is 12.3. The largest absolute Gasteiger partial charge is 0.399 e. The molecule has 21 heavy (non-hydrogen) atoms. The molecule has 0 aliphatic rings. The molecule has 0 atom stereocenters. The Kier molecular flexibility index (Phi) is 3.23. The number of nitrogen functional groups attached to an aromatic ring is 1. The number of hydrogen-bond donors (Lipinski definition) is 1. The van der Waals surface area contributed by atoms with Crippen molar-refractivity contribution >= 4 is 40.1 Å². The predicted molar refractivity (Wildman–Crippen MR) is 83.1 cm³/mol. The van der Waals surface area contributed by atoms with E-state index in [-0.39, 0.29) is 5.69 Å². The summed E-state index contributed by atoms with van der Waals surface area (Å²) in [5, 5.41) is 2.02. The summed E-state index contributed by atoms with van der Waals surface area (Å²) in [7, 11) is 0. The lowest BCUT2D eigenvalue weighted by atomic mass is 10.1. The van der Waals surface area contributed by atoms with Gasteiger partial charge in [-0.2, -0.15) is 0 Å². The van der Waals surface area contributed by atoms with E-state index in [2.05, 4.69) is 0 Å². The Morgan fingerprint density at radius 3 is 2.71 bits per heavy atom. The number of nitrogens with two attached hydrogens (primary N) is 1. The number of ketones is 1. The molecule has 0 fully saturated rings. The number of benzene rings is 2. The van der Waals surface area contributed by atoms with Gasteiger partial charge in [-0.3, -0.25) is 9.59 Å². The maximum absolute atomic E-state index is 12.0. The van der Waals surface area contributed by atoms with Gasteiger partial charge in [-0.1, -0.05) is 23.7 Å². The average molecular weight is 299 g/mol. The number of fused-ring (bicyclic) bond motifs is 1. The second kappa shape index (κ2) is 5.07.